The Bertz CT molecular complexity index is 348. The smallest absolute Gasteiger partial charge is 0.136 e. The van der Waals surface area contributed by atoms with E-state index in [1.165, 1.54) is 4.80 Å². The number of hydrogen-bond donors (Lipinski definition) is 1. The molecule has 0 bridgehead atoms. The second-order valence-electron chi connectivity index (χ2n) is 4.48. The zero-order valence-electron chi connectivity index (χ0n) is 8.69. The van der Waals surface area contributed by atoms with Crippen LogP contribution in [0.15, 0.2) is 6.20 Å². The standard InChI is InChI=1S/C9H15N3O2/c1-8(2)5-9(13,6-14-8)7-4-10-12(3)11-7/h4,13H,5-6H2,1-3H3. The lowest BCUT2D eigenvalue weighted by molar-refractivity contribution is 0.00128. The number of aryl methyl sites for hydroxylation is 1. The predicted octanol–water partition coefficient (Wildman–Crippen LogP) is 0.202. The minimum absolute atomic E-state index is 0.285. The summed E-state index contributed by atoms with van der Waals surface area (Å²) < 4.78 is 5.49. The summed E-state index contributed by atoms with van der Waals surface area (Å²) in [6, 6.07) is 0. The molecule has 1 atom stereocenters. The second kappa shape index (κ2) is 2.77. The number of hydrogen-bond acceptors (Lipinski definition) is 4. The third kappa shape index (κ3) is 1.53. The number of rotatable bonds is 1. The summed E-state index contributed by atoms with van der Waals surface area (Å²) in [5.41, 5.74) is -0.671. The normalized spacial score (nSPS) is 30.9. The largest absolute Gasteiger partial charge is 0.381 e. The summed E-state index contributed by atoms with van der Waals surface area (Å²) in [5.74, 6) is 0. The van der Waals surface area contributed by atoms with E-state index in [1.807, 2.05) is 13.8 Å². The molecule has 0 spiro atoms. The molecule has 0 saturated carbocycles. The van der Waals surface area contributed by atoms with Crippen LogP contribution in [0.5, 0.6) is 0 Å². The van der Waals surface area contributed by atoms with E-state index < -0.39 is 5.60 Å². The van der Waals surface area contributed by atoms with Gasteiger partial charge >= 0.3 is 0 Å². The molecular weight excluding hydrogens is 182 g/mol. The van der Waals surface area contributed by atoms with Gasteiger partial charge in [0.15, 0.2) is 0 Å². The lowest BCUT2D eigenvalue weighted by Gasteiger charge is -2.19. The molecule has 1 N–H and O–H groups in total. The van der Waals surface area contributed by atoms with Crippen molar-refractivity contribution >= 4 is 0 Å². The van der Waals surface area contributed by atoms with E-state index in [0.29, 0.717) is 18.7 Å². The van der Waals surface area contributed by atoms with Crippen molar-refractivity contribution in [3.63, 3.8) is 0 Å². The molecule has 0 aliphatic carbocycles. The molecule has 1 fully saturated rings. The molecule has 0 amide bonds. The van der Waals surface area contributed by atoms with Crippen molar-refractivity contribution in [1.82, 2.24) is 15.0 Å². The molecular formula is C9H15N3O2. The van der Waals surface area contributed by atoms with Crippen LogP contribution in [0.4, 0.5) is 0 Å². The third-order valence-electron chi connectivity index (χ3n) is 2.50. The Morgan fingerprint density at radius 1 is 1.57 bits per heavy atom. The molecule has 0 radical (unpaired) electrons. The first-order valence-electron chi connectivity index (χ1n) is 4.64. The predicted molar refractivity (Wildman–Crippen MR) is 49.5 cm³/mol. The van der Waals surface area contributed by atoms with Crippen LogP contribution < -0.4 is 0 Å². The fourth-order valence-electron chi connectivity index (χ4n) is 1.84. The summed E-state index contributed by atoms with van der Waals surface area (Å²) >= 11 is 0. The molecule has 1 unspecified atom stereocenters. The monoisotopic (exact) mass is 197 g/mol. The van der Waals surface area contributed by atoms with Crippen molar-refractivity contribution in [3.05, 3.63) is 11.9 Å². The van der Waals surface area contributed by atoms with E-state index in [1.54, 1.807) is 13.2 Å². The minimum Gasteiger partial charge on any atom is -0.381 e. The van der Waals surface area contributed by atoms with Gasteiger partial charge in [-0.2, -0.15) is 15.0 Å². The van der Waals surface area contributed by atoms with Crippen molar-refractivity contribution in [2.24, 2.45) is 7.05 Å². The number of aromatic nitrogens is 3. The Morgan fingerprint density at radius 3 is 2.71 bits per heavy atom. The van der Waals surface area contributed by atoms with Crippen LogP contribution in [0.1, 0.15) is 26.0 Å². The van der Waals surface area contributed by atoms with Crippen LogP contribution in [0.25, 0.3) is 0 Å². The van der Waals surface area contributed by atoms with E-state index in [9.17, 15) is 5.11 Å². The molecule has 1 saturated heterocycles. The zero-order valence-corrected chi connectivity index (χ0v) is 8.69. The Kier molecular flexibility index (Phi) is 1.90. The first-order chi connectivity index (χ1) is 6.41. The average molecular weight is 197 g/mol. The van der Waals surface area contributed by atoms with Gasteiger partial charge in [-0.3, -0.25) is 0 Å². The van der Waals surface area contributed by atoms with Crippen LogP contribution in [0.2, 0.25) is 0 Å². The summed E-state index contributed by atoms with van der Waals surface area (Å²) in [4.78, 5) is 1.44. The fraction of sp³-hybridized carbons (Fsp3) is 0.778. The summed E-state index contributed by atoms with van der Waals surface area (Å²) in [6.07, 6.45) is 2.14. The van der Waals surface area contributed by atoms with Gasteiger partial charge in [0.05, 0.1) is 18.4 Å². The van der Waals surface area contributed by atoms with Gasteiger partial charge in [0.25, 0.3) is 0 Å². The van der Waals surface area contributed by atoms with Crippen molar-refractivity contribution in [1.29, 1.82) is 0 Å². The Morgan fingerprint density at radius 2 is 2.29 bits per heavy atom. The highest BCUT2D eigenvalue weighted by molar-refractivity contribution is 5.11. The van der Waals surface area contributed by atoms with Gasteiger partial charge in [-0.25, -0.2) is 0 Å². The molecule has 78 valence electrons. The van der Waals surface area contributed by atoms with Crippen molar-refractivity contribution in [2.75, 3.05) is 6.61 Å². The van der Waals surface area contributed by atoms with E-state index in [0.717, 1.165) is 0 Å². The minimum atomic E-state index is -0.974. The zero-order chi connectivity index (χ0) is 10.4. The summed E-state index contributed by atoms with van der Waals surface area (Å²) in [7, 11) is 1.73. The van der Waals surface area contributed by atoms with Gasteiger partial charge in [0.2, 0.25) is 0 Å². The van der Waals surface area contributed by atoms with E-state index in [4.69, 9.17) is 4.74 Å². The molecule has 14 heavy (non-hydrogen) atoms. The van der Waals surface area contributed by atoms with E-state index >= 15 is 0 Å². The molecule has 1 aromatic rings. The maximum Gasteiger partial charge on any atom is 0.136 e. The molecule has 1 aromatic heterocycles. The summed E-state index contributed by atoms with van der Waals surface area (Å²) in [5, 5.41) is 18.3. The highest BCUT2D eigenvalue weighted by atomic mass is 16.5. The lowest BCUT2D eigenvalue weighted by atomic mass is 9.91. The Labute approximate surface area is 82.7 Å². The van der Waals surface area contributed by atoms with Gasteiger partial charge in [0, 0.05) is 13.5 Å². The topological polar surface area (TPSA) is 60.2 Å². The van der Waals surface area contributed by atoms with Crippen LogP contribution in [-0.2, 0) is 17.4 Å². The lowest BCUT2D eigenvalue weighted by Crippen LogP contribution is -2.28. The van der Waals surface area contributed by atoms with Crippen LogP contribution in [0, 0.1) is 0 Å². The summed E-state index contributed by atoms with van der Waals surface area (Å²) in [6.45, 7) is 4.21. The molecule has 2 heterocycles. The average Bonchev–Trinajstić information content (AvgIpc) is 2.57. The molecule has 1 aliphatic heterocycles. The number of aliphatic hydroxyl groups is 1. The van der Waals surface area contributed by atoms with Gasteiger partial charge in [-0.1, -0.05) is 0 Å². The highest BCUT2D eigenvalue weighted by Gasteiger charge is 2.46. The highest BCUT2D eigenvalue weighted by Crippen LogP contribution is 2.38. The molecule has 5 heteroatoms. The van der Waals surface area contributed by atoms with Crippen molar-refractivity contribution < 1.29 is 9.84 Å². The Balaban J connectivity index is 2.27. The number of nitrogens with zero attached hydrogens (tertiary/aromatic N) is 3. The van der Waals surface area contributed by atoms with Crippen molar-refractivity contribution in [3.8, 4) is 0 Å². The SMILES string of the molecule is Cn1ncc(C2(O)COC(C)(C)C2)n1. The number of ether oxygens (including phenoxy) is 1. The van der Waals surface area contributed by atoms with Crippen LogP contribution >= 0.6 is 0 Å². The van der Waals surface area contributed by atoms with Crippen LogP contribution in [-0.4, -0.2) is 32.3 Å². The first-order valence-corrected chi connectivity index (χ1v) is 4.64. The quantitative estimate of drug-likeness (QED) is 0.698. The van der Waals surface area contributed by atoms with Gasteiger partial charge in [-0.05, 0) is 13.8 Å². The third-order valence-corrected chi connectivity index (χ3v) is 2.50. The Hall–Kier alpha value is -0.940. The maximum atomic E-state index is 10.3. The molecule has 5 nitrogen and oxygen atoms in total. The van der Waals surface area contributed by atoms with Gasteiger partial charge < -0.3 is 9.84 Å². The van der Waals surface area contributed by atoms with E-state index in [-0.39, 0.29) is 5.60 Å². The van der Waals surface area contributed by atoms with Gasteiger partial charge in [0.1, 0.15) is 11.3 Å². The molecule has 2 rings (SSSR count). The first kappa shape index (κ1) is 9.61. The second-order valence-corrected chi connectivity index (χ2v) is 4.48. The molecule has 1 aliphatic rings. The molecule has 0 aromatic carbocycles. The van der Waals surface area contributed by atoms with Gasteiger partial charge in [-0.15, -0.1) is 0 Å². The van der Waals surface area contributed by atoms with E-state index in [2.05, 4.69) is 10.2 Å². The van der Waals surface area contributed by atoms with Crippen molar-refractivity contribution in [2.45, 2.75) is 31.5 Å². The fourth-order valence-corrected chi connectivity index (χ4v) is 1.84. The maximum absolute atomic E-state index is 10.3. The van der Waals surface area contributed by atoms with Crippen LogP contribution in [0.3, 0.4) is 0 Å².